The van der Waals surface area contributed by atoms with Crippen molar-refractivity contribution in [1.82, 2.24) is 4.98 Å². The number of aromatic nitrogens is 1. The minimum Gasteiger partial charge on any atom is -0.389 e. The van der Waals surface area contributed by atoms with Crippen LogP contribution in [0.2, 0.25) is 4.47 Å². The van der Waals surface area contributed by atoms with Gasteiger partial charge < -0.3 is 4.84 Å². The minimum atomic E-state index is 0.294. The highest BCUT2D eigenvalue weighted by Gasteiger charge is 1.98. The van der Waals surface area contributed by atoms with Crippen LogP contribution < -0.4 is 0 Å². The summed E-state index contributed by atoms with van der Waals surface area (Å²) in [5.41, 5.74) is 0. The molecule has 6 heteroatoms. The maximum atomic E-state index is 8.06. The number of rotatable bonds is 3. The molecule has 0 bridgehead atoms. The van der Waals surface area contributed by atoms with E-state index < -0.39 is 0 Å². The first-order valence-corrected chi connectivity index (χ1v) is 4.16. The molecule has 0 aliphatic heterocycles. The molecule has 0 amide bonds. The Bertz CT molecular complexity index is 317. The molecular weight excluding hydrogens is 198 g/mol. The van der Waals surface area contributed by atoms with Gasteiger partial charge in [0.2, 0.25) is 0 Å². The third-order valence-corrected chi connectivity index (χ3v) is 2.01. The molecule has 1 aromatic rings. The predicted octanol–water partition coefficient (Wildman–Crippen LogP) is 1.82. The molecule has 0 aliphatic carbocycles. The van der Waals surface area contributed by atoms with Crippen LogP contribution >= 0.6 is 22.9 Å². The maximum absolute atomic E-state index is 8.06. The predicted molar refractivity (Wildman–Crippen MR) is 46.0 cm³/mol. The van der Waals surface area contributed by atoms with Gasteiger partial charge in [-0.05, 0) is 0 Å². The third kappa shape index (κ3) is 2.86. The number of nitrogens with zero attached hydrogens (tertiary/aromatic N) is 3. The number of hydrogen-bond donors (Lipinski definition) is 0. The summed E-state index contributed by atoms with van der Waals surface area (Å²) in [4.78, 5) is 9.41. The summed E-state index contributed by atoms with van der Waals surface area (Å²) in [5.74, 6) is 0. The Hall–Kier alpha value is -1.12. The molecule has 0 unspecified atom stereocenters. The molecule has 62 valence electrons. The molecule has 0 aromatic carbocycles. The van der Waals surface area contributed by atoms with E-state index in [1.807, 2.05) is 0 Å². The van der Waals surface area contributed by atoms with Gasteiger partial charge >= 0.3 is 0 Å². The molecule has 1 aromatic heterocycles. The largest absolute Gasteiger partial charge is 0.389 e. The highest BCUT2D eigenvalue weighted by atomic mass is 35.5. The smallest absolute Gasteiger partial charge is 0.183 e. The lowest BCUT2D eigenvalue weighted by atomic mass is 10.6. The van der Waals surface area contributed by atoms with E-state index in [9.17, 15) is 0 Å². The van der Waals surface area contributed by atoms with Gasteiger partial charge in [-0.2, -0.15) is 5.26 Å². The van der Waals surface area contributed by atoms with Gasteiger partial charge in [-0.25, -0.2) is 4.98 Å². The summed E-state index contributed by atoms with van der Waals surface area (Å²) in [6.45, 7) is 0.294. The Morgan fingerprint density at radius 1 is 1.92 bits per heavy atom. The third-order valence-electron chi connectivity index (χ3n) is 0.917. The van der Waals surface area contributed by atoms with Crippen molar-refractivity contribution in [2.75, 3.05) is 0 Å². The molecule has 0 saturated carbocycles. The van der Waals surface area contributed by atoms with Crippen LogP contribution in [0.5, 0.6) is 0 Å². The number of hydrogen-bond acceptors (Lipinski definition) is 5. The van der Waals surface area contributed by atoms with E-state index in [1.165, 1.54) is 11.3 Å². The van der Waals surface area contributed by atoms with Crippen LogP contribution in [0.1, 0.15) is 4.88 Å². The molecule has 0 N–H and O–H groups in total. The van der Waals surface area contributed by atoms with E-state index in [4.69, 9.17) is 21.7 Å². The summed E-state index contributed by atoms with van der Waals surface area (Å²) in [7, 11) is 0. The standard InChI is InChI=1S/C6H4ClN3OS/c7-6-9-3-5(12-6)4-11-10-2-1-8/h2-3H,4H2/b10-2+. The second kappa shape index (κ2) is 4.70. The topological polar surface area (TPSA) is 58.3 Å². The Morgan fingerprint density at radius 2 is 2.75 bits per heavy atom. The van der Waals surface area contributed by atoms with Crippen LogP contribution in [0.25, 0.3) is 0 Å². The lowest BCUT2D eigenvalue weighted by molar-refractivity contribution is 0.134. The summed E-state index contributed by atoms with van der Waals surface area (Å²) >= 11 is 6.88. The van der Waals surface area contributed by atoms with Crippen molar-refractivity contribution in [2.45, 2.75) is 6.61 Å². The molecule has 0 atom stereocenters. The molecule has 1 rings (SSSR count). The average molecular weight is 202 g/mol. The monoisotopic (exact) mass is 201 g/mol. The number of oxime groups is 1. The fourth-order valence-electron chi connectivity index (χ4n) is 0.512. The van der Waals surface area contributed by atoms with Crippen LogP contribution in [0, 0.1) is 11.3 Å². The quantitative estimate of drug-likeness (QED) is 0.554. The first kappa shape index (κ1) is 8.97. The minimum absolute atomic E-state index is 0.294. The highest BCUT2D eigenvalue weighted by molar-refractivity contribution is 7.15. The molecule has 0 aliphatic rings. The maximum Gasteiger partial charge on any atom is 0.183 e. The number of halogens is 1. The van der Waals surface area contributed by atoms with Gasteiger partial charge in [-0.15, -0.1) is 11.3 Å². The van der Waals surface area contributed by atoms with Crippen LogP contribution in [0.3, 0.4) is 0 Å². The summed E-state index contributed by atoms with van der Waals surface area (Å²) in [6, 6.07) is 1.70. The summed E-state index contributed by atoms with van der Waals surface area (Å²) < 4.78 is 0.470. The first-order valence-electron chi connectivity index (χ1n) is 2.96. The van der Waals surface area contributed by atoms with E-state index in [1.54, 1.807) is 12.3 Å². The molecule has 12 heavy (non-hydrogen) atoms. The van der Waals surface area contributed by atoms with Crippen molar-refractivity contribution < 1.29 is 4.84 Å². The fraction of sp³-hybridized carbons (Fsp3) is 0.167. The van der Waals surface area contributed by atoms with E-state index in [0.29, 0.717) is 11.1 Å². The summed E-state index contributed by atoms with van der Waals surface area (Å²) in [5, 5.41) is 11.4. The van der Waals surface area contributed by atoms with Crippen LogP contribution in [-0.4, -0.2) is 11.2 Å². The zero-order valence-electron chi connectivity index (χ0n) is 5.90. The van der Waals surface area contributed by atoms with E-state index in [0.717, 1.165) is 11.1 Å². The van der Waals surface area contributed by atoms with Crippen LogP contribution in [-0.2, 0) is 11.4 Å². The highest BCUT2D eigenvalue weighted by Crippen LogP contribution is 2.18. The Balaban J connectivity index is 2.34. The van der Waals surface area contributed by atoms with Gasteiger partial charge in [0, 0.05) is 6.20 Å². The van der Waals surface area contributed by atoms with Gasteiger partial charge in [-0.1, -0.05) is 16.8 Å². The van der Waals surface area contributed by atoms with Crippen LogP contribution in [0.15, 0.2) is 11.4 Å². The van der Waals surface area contributed by atoms with Crippen molar-refractivity contribution >= 4 is 29.2 Å². The van der Waals surface area contributed by atoms with Gasteiger partial charge in [0.1, 0.15) is 12.3 Å². The normalized spacial score (nSPS) is 10.0. The lowest BCUT2D eigenvalue weighted by Crippen LogP contribution is -1.81. The van der Waals surface area contributed by atoms with E-state index in [2.05, 4.69) is 10.1 Å². The average Bonchev–Trinajstić information content (AvgIpc) is 2.45. The molecule has 0 saturated heterocycles. The van der Waals surface area contributed by atoms with Crippen LogP contribution in [0.4, 0.5) is 0 Å². The van der Waals surface area contributed by atoms with Gasteiger partial charge in [-0.3, -0.25) is 0 Å². The van der Waals surface area contributed by atoms with Gasteiger partial charge in [0.25, 0.3) is 0 Å². The zero-order valence-corrected chi connectivity index (χ0v) is 7.47. The second-order valence-electron chi connectivity index (χ2n) is 1.72. The molecule has 1 heterocycles. The second-order valence-corrected chi connectivity index (χ2v) is 3.41. The number of thiazole rings is 1. The molecule has 0 spiro atoms. The van der Waals surface area contributed by atoms with Gasteiger partial charge in [0.15, 0.2) is 11.1 Å². The molecule has 4 nitrogen and oxygen atoms in total. The SMILES string of the molecule is N#C/C=N/OCc1cnc(Cl)s1. The van der Waals surface area contributed by atoms with E-state index in [-0.39, 0.29) is 0 Å². The molecule has 0 fully saturated rings. The van der Waals surface area contributed by atoms with E-state index >= 15 is 0 Å². The summed E-state index contributed by atoms with van der Waals surface area (Å²) in [6.07, 6.45) is 2.62. The van der Waals surface area contributed by atoms with Crippen molar-refractivity contribution in [3.05, 3.63) is 15.5 Å². The van der Waals surface area contributed by atoms with Crippen molar-refractivity contribution in [3.8, 4) is 6.07 Å². The number of nitriles is 1. The van der Waals surface area contributed by atoms with Crippen molar-refractivity contribution in [2.24, 2.45) is 5.16 Å². The van der Waals surface area contributed by atoms with Crippen molar-refractivity contribution in [1.29, 1.82) is 5.26 Å². The lowest BCUT2D eigenvalue weighted by Gasteiger charge is -1.91. The molecular formula is C6H4ClN3OS. The van der Waals surface area contributed by atoms with Crippen molar-refractivity contribution in [3.63, 3.8) is 0 Å². The zero-order chi connectivity index (χ0) is 8.81. The fourth-order valence-corrected chi connectivity index (χ4v) is 1.40. The molecule has 0 radical (unpaired) electrons. The van der Waals surface area contributed by atoms with Gasteiger partial charge in [0.05, 0.1) is 4.88 Å². The first-order chi connectivity index (χ1) is 5.83. The Labute approximate surface area is 78.0 Å². The Morgan fingerprint density at radius 3 is 3.33 bits per heavy atom. The Kier molecular flexibility index (Phi) is 3.51.